The number of carbonyl (C=O) groups excluding carboxylic acids is 5. The quantitative estimate of drug-likeness (QED) is 0.242. The van der Waals surface area contributed by atoms with E-state index in [-0.39, 0.29) is 0 Å². The molecule has 2 unspecified atom stereocenters. The second kappa shape index (κ2) is 8.79. The fourth-order valence-corrected chi connectivity index (χ4v) is 2.06. The van der Waals surface area contributed by atoms with Crippen molar-refractivity contribution in [1.82, 2.24) is 0 Å². The Morgan fingerprint density at radius 2 is 0.955 bits per heavy atom. The number of hydrogen-bond donors (Lipinski definition) is 4. The van der Waals surface area contributed by atoms with Gasteiger partial charge in [-0.15, -0.1) is 23.2 Å². The fourth-order valence-electron chi connectivity index (χ4n) is 1.42. The predicted octanol–water partition coefficient (Wildman–Crippen LogP) is -2.69. The summed E-state index contributed by atoms with van der Waals surface area (Å²) < 4.78 is 0. The minimum Gasteiger partial charge on any atom is -0.370 e. The second-order valence-electron chi connectivity index (χ2n) is 4.49. The summed E-state index contributed by atoms with van der Waals surface area (Å²) in [6.45, 7) is 0. The molecule has 9 nitrogen and oxygen atoms in total. The van der Waals surface area contributed by atoms with Gasteiger partial charge in [-0.25, -0.2) is 0 Å². The van der Waals surface area contributed by atoms with E-state index < -0.39 is 64.8 Å². The topological polar surface area (TPSA) is 189 Å². The minimum atomic E-state index is -1.85. The first-order chi connectivity index (χ1) is 9.98. The molecule has 124 valence electrons. The summed E-state index contributed by atoms with van der Waals surface area (Å²) in [6.07, 6.45) is -1.03. The van der Waals surface area contributed by atoms with Crippen LogP contribution in [0.25, 0.3) is 0 Å². The molecule has 0 aliphatic rings. The number of carbonyl (C=O) groups is 5. The average Bonchev–Trinajstić information content (AvgIpc) is 2.41. The van der Waals surface area contributed by atoms with Crippen LogP contribution in [0.4, 0.5) is 0 Å². The number of primary amides is 2. The lowest BCUT2D eigenvalue weighted by atomic mass is 9.98. The van der Waals surface area contributed by atoms with E-state index in [9.17, 15) is 24.0 Å². The highest BCUT2D eigenvalue weighted by molar-refractivity contribution is 6.52. The zero-order valence-electron chi connectivity index (χ0n) is 11.3. The van der Waals surface area contributed by atoms with Gasteiger partial charge in [0.1, 0.15) is 0 Å². The van der Waals surface area contributed by atoms with Crippen LogP contribution in [-0.2, 0) is 24.0 Å². The van der Waals surface area contributed by atoms with Crippen molar-refractivity contribution in [3.8, 4) is 0 Å². The van der Waals surface area contributed by atoms with Crippen LogP contribution in [0.2, 0.25) is 0 Å². The van der Waals surface area contributed by atoms with E-state index in [1.807, 2.05) is 0 Å². The van der Waals surface area contributed by atoms with Gasteiger partial charge >= 0.3 is 0 Å². The van der Waals surface area contributed by atoms with Crippen molar-refractivity contribution < 1.29 is 24.0 Å². The summed E-state index contributed by atoms with van der Waals surface area (Å²) in [7, 11) is 0. The zero-order chi connectivity index (χ0) is 17.6. The summed E-state index contributed by atoms with van der Waals surface area (Å²) in [4.78, 5) is 56.6. The van der Waals surface area contributed by atoms with Crippen LogP contribution in [0.3, 0.4) is 0 Å². The highest BCUT2D eigenvalue weighted by Crippen LogP contribution is 2.13. The second-order valence-corrected chi connectivity index (χ2v) is 5.36. The number of halogens is 2. The Labute approximate surface area is 135 Å². The number of amides is 2. The molecule has 11 heteroatoms. The van der Waals surface area contributed by atoms with E-state index in [2.05, 4.69) is 0 Å². The van der Waals surface area contributed by atoms with E-state index in [1.54, 1.807) is 0 Å². The number of alkyl halides is 2. The Kier molecular flexibility index (Phi) is 8.17. The lowest BCUT2D eigenvalue weighted by molar-refractivity contribution is -0.132. The molecule has 0 radical (unpaired) electrons. The maximum absolute atomic E-state index is 11.9. The van der Waals surface area contributed by atoms with Gasteiger partial charge < -0.3 is 22.9 Å². The van der Waals surface area contributed by atoms with E-state index in [4.69, 9.17) is 46.1 Å². The van der Waals surface area contributed by atoms with Crippen LogP contribution in [0.15, 0.2) is 0 Å². The molecule has 8 N–H and O–H groups in total. The van der Waals surface area contributed by atoms with Crippen molar-refractivity contribution in [2.45, 2.75) is 35.7 Å². The van der Waals surface area contributed by atoms with Crippen molar-refractivity contribution in [1.29, 1.82) is 0 Å². The van der Waals surface area contributed by atoms with Crippen LogP contribution in [0, 0.1) is 0 Å². The molecule has 0 aliphatic carbocycles. The zero-order valence-corrected chi connectivity index (χ0v) is 12.8. The van der Waals surface area contributed by atoms with Crippen LogP contribution >= 0.6 is 23.2 Å². The SMILES string of the molecule is NC(=O)C[C@H](N)C(=O)C(Cl)C(=O)C(Cl)C(=O)[C@@H](N)CC(N)=O. The summed E-state index contributed by atoms with van der Waals surface area (Å²) in [5, 5.41) is -3.69. The third-order valence-electron chi connectivity index (χ3n) is 2.57. The molecule has 2 amide bonds. The Morgan fingerprint density at radius 3 is 1.18 bits per heavy atom. The maximum atomic E-state index is 11.9. The molecule has 0 spiro atoms. The normalized spacial score (nSPS) is 16.2. The number of nitrogens with two attached hydrogens (primary N) is 4. The third kappa shape index (κ3) is 6.06. The average molecular weight is 355 g/mol. The molecule has 0 fully saturated rings. The first kappa shape index (κ1) is 20.5. The highest BCUT2D eigenvalue weighted by atomic mass is 35.5. The molecule has 0 saturated carbocycles. The van der Waals surface area contributed by atoms with Gasteiger partial charge in [0.25, 0.3) is 0 Å². The van der Waals surface area contributed by atoms with Crippen LogP contribution in [0.5, 0.6) is 0 Å². The van der Waals surface area contributed by atoms with E-state index >= 15 is 0 Å². The molecular weight excluding hydrogens is 339 g/mol. The van der Waals surface area contributed by atoms with E-state index in [0.29, 0.717) is 0 Å². The van der Waals surface area contributed by atoms with Gasteiger partial charge in [-0.3, -0.25) is 24.0 Å². The summed E-state index contributed by atoms with van der Waals surface area (Å²) in [5.74, 6) is -4.89. The molecule has 0 rings (SSSR count). The molecular formula is C11H16Cl2N4O5. The lowest BCUT2D eigenvalue weighted by Crippen LogP contribution is -2.48. The van der Waals surface area contributed by atoms with Crippen LogP contribution < -0.4 is 22.9 Å². The lowest BCUT2D eigenvalue weighted by Gasteiger charge is -2.17. The smallest absolute Gasteiger partial charge is 0.219 e. The first-order valence-corrected chi connectivity index (χ1v) is 6.83. The van der Waals surface area contributed by atoms with Crippen molar-refractivity contribution >= 4 is 52.4 Å². The molecule has 0 aliphatic heterocycles. The monoisotopic (exact) mass is 354 g/mol. The van der Waals surface area contributed by atoms with E-state index in [0.717, 1.165) is 0 Å². The molecule has 0 aromatic carbocycles. The molecule has 0 heterocycles. The van der Waals surface area contributed by atoms with Gasteiger partial charge in [0.2, 0.25) is 11.8 Å². The van der Waals surface area contributed by atoms with Gasteiger partial charge in [0, 0.05) is 12.8 Å². The van der Waals surface area contributed by atoms with Gasteiger partial charge in [0.05, 0.1) is 12.1 Å². The Balaban J connectivity index is 4.86. The van der Waals surface area contributed by atoms with Gasteiger partial charge in [0.15, 0.2) is 28.1 Å². The van der Waals surface area contributed by atoms with Crippen LogP contribution in [-0.4, -0.2) is 52.0 Å². The number of rotatable bonds is 10. The molecule has 0 aromatic rings. The fraction of sp³-hybridized carbons (Fsp3) is 0.545. The summed E-state index contributed by atoms with van der Waals surface area (Å²) in [6, 6.07) is -2.80. The molecule has 4 atom stereocenters. The molecule has 0 saturated heterocycles. The maximum Gasteiger partial charge on any atom is 0.219 e. The highest BCUT2D eigenvalue weighted by Gasteiger charge is 2.38. The largest absolute Gasteiger partial charge is 0.370 e. The number of ketones is 3. The van der Waals surface area contributed by atoms with Crippen molar-refractivity contribution in [2.24, 2.45) is 22.9 Å². The molecule has 0 bridgehead atoms. The number of hydrogen-bond acceptors (Lipinski definition) is 7. The summed E-state index contributed by atoms with van der Waals surface area (Å²) >= 11 is 11.2. The van der Waals surface area contributed by atoms with Gasteiger partial charge in [-0.05, 0) is 0 Å². The van der Waals surface area contributed by atoms with Gasteiger partial charge in [-0.1, -0.05) is 0 Å². The third-order valence-corrected chi connectivity index (χ3v) is 3.43. The predicted molar refractivity (Wildman–Crippen MR) is 77.9 cm³/mol. The van der Waals surface area contributed by atoms with Crippen molar-refractivity contribution in [3.63, 3.8) is 0 Å². The standard InChI is InChI=1S/C11H16Cl2N4O5/c12-7(9(20)3(14)1-5(16)18)11(22)8(13)10(21)4(15)2-6(17)19/h3-4,7-8H,1-2,14-15H2,(H2,16,18)(H2,17,19)/t3-,4-,7?,8?/m0/s1. The Bertz CT molecular complexity index is 457. The first-order valence-electron chi connectivity index (χ1n) is 5.96. The van der Waals surface area contributed by atoms with E-state index in [1.165, 1.54) is 0 Å². The number of Topliss-reactive ketones (excluding diaryl/α,β-unsaturated/α-hetero) is 3. The molecule has 0 aromatic heterocycles. The van der Waals surface area contributed by atoms with Gasteiger partial charge in [-0.2, -0.15) is 0 Å². The van der Waals surface area contributed by atoms with Crippen molar-refractivity contribution in [2.75, 3.05) is 0 Å². The Hall–Kier alpha value is -1.55. The summed E-state index contributed by atoms with van der Waals surface area (Å²) in [5.41, 5.74) is 20.4. The van der Waals surface area contributed by atoms with Crippen molar-refractivity contribution in [3.05, 3.63) is 0 Å². The minimum absolute atomic E-state index is 0.516. The molecule has 22 heavy (non-hydrogen) atoms. The Morgan fingerprint density at radius 1 is 0.682 bits per heavy atom. The van der Waals surface area contributed by atoms with Crippen LogP contribution in [0.1, 0.15) is 12.8 Å².